The molecule has 0 aromatic rings. The summed E-state index contributed by atoms with van der Waals surface area (Å²) in [4.78, 5) is 39.2. The number of nitrogens with two attached hydrogens (primary N) is 2. The molecule has 0 aliphatic rings. The van der Waals surface area contributed by atoms with Crippen molar-refractivity contribution in [3.63, 3.8) is 0 Å². The van der Waals surface area contributed by atoms with Gasteiger partial charge in [-0.25, -0.2) is 0 Å². The molecule has 0 saturated heterocycles. The van der Waals surface area contributed by atoms with Crippen LogP contribution in [0.2, 0.25) is 0 Å². The van der Waals surface area contributed by atoms with Gasteiger partial charge in [-0.2, -0.15) is 0 Å². The molecule has 0 heterocycles. The summed E-state index contributed by atoms with van der Waals surface area (Å²) in [5.41, 5.74) is 11.5. The van der Waals surface area contributed by atoms with Gasteiger partial charge in [0.1, 0.15) is 6.04 Å². The molecule has 0 radical (unpaired) electrons. The normalized spacial score (nSPS) is 13.4. The van der Waals surface area contributed by atoms with Crippen molar-refractivity contribution in [2.24, 2.45) is 11.5 Å². The predicted molar refractivity (Wildman–Crippen MR) is 101 cm³/mol. The van der Waals surface area contributed by atoms with Crippen LogP contribution in [-0.4, -0.2) is 101 Å². The molecule has 0 aromatic heterocycles. The maximum absolute atomic E-state index is 11.8. The fraction of sp³-hybridized carbons (Fsp3) is 0.812. The highest BCUT2D eigenvalue weighted by atomic mass is 16.2. The Hall–Kier alpha value is -1.75. The van der Waals surface area contributed by atoms with E-state index >= 15 is 0 Å². The zero-order chi connectivity index (χ0) is 20.1. The molecule has 2 atom stereocenters. The third-order valence-corrected chi connectivity index (χ3v) is 3.59. The van der Waals surface area contributed by atoms with E-state index in [4.69, 9.17) is 11.5 Å². The molecule has 10 nitrogen and oxygen atoms in total. The Kier molecular flexibility index (Phi) is 12.5. The quantitative estimate of drug-likeness (QED) is 0.230. The van der Waals surface area contributed by atoms with Gasteiger partial charge in [0.2, 0.25) is 17.7 Å². The zero-order valence-electron chi connectivity index (χ0n) is 16.4. The van der Waals surface area contributed by atoms with E-state index in [1.165, 1.54) is 0 Å². The maximum Gasteiger partial charge on any atom is 0.238 e. The highest BCUT2D eigenvalue weighted by Crippen LogP contribution is 1.95. The van der Waals surface area contributed by atoms with E-state index < -0.39 is 12.1 Å². The Morgan fingerprint density at radius 2 is 1.27 bits per heavy atom. The lowest BCUT2D eigenvalue weighted by atomic mass is 10.1. The number of nitrogens with zero attached hydrogens (tertiary/aromatic N) is 2. The predicted octanol–water partition coefficient (Wildman–Crippen LogP) is -3.11. The largest absolute Gasteiger partial charge is 0.354 e. The Morgan fingerprint density at radius 3 is 1.73 bits per heavy atom. The van der Waals surface area contributed by atoms with Crippen LogP contribution >= 0.6 is 0 Å². The molecule has 0 aliphatic heterocycles. The molecule has 0 aromatic carbocycles. The number of nitrogens with one attached hydrogen (secondary N) is 3. The van der Waals surface area contributed by atoms with Gasteiger partial charge in [-0.1, -0.05) is 0 Å². The monoisotopic (exact) mass is 373 g/mol. The standard InChI is InChI=1S/C16H35N7O3/c1-22(2)9-7-19-15(25)12(17)5-6-14(24)21-11-13(18)16(26)20-8-10-23(3)4/h12-13H,5-11,17-18H2,1-4H3,(H,19,25)(H,20,26)(H,21,24)/t12-,13-/m0/s1. The summed E-state index contributed by atoms with van der Waals surface area (Å²) in [6.45, 7) is 2.46. The maximum atomic E-state index is 11.8. The second-order valence-corrected chi connectivity index (χ2v) is 6.74. The number of rotatable bonds is 13. The van der Waals surface area contributed by atoms with Crippen LogP contribution in [0.5, 0.6) is 0 Å². The van der Waals surface area contributed by atoms with E-state index in [-0.39, 0.29) is 37.1 Å². The zero-order valence-corrected chi connectivity index (χ0v) is 16.4. The van der Waals surface area contributed by atoms with Crippen molar-refractivity contribution in [1.82, 2.24) is 25.8 Å². The van der Waals surface area contributed by atoms with Gasteiger partial charge in [-0.05, 0) is 34.6 Å². The lowest BCUT2D eigenvalue weighted by molar-refractivity contribution is -0.123. The number of amides is 3. The number of carbonyl (C=O) groups is 3. The summed E-state index contributed by atoms with van der Waals surface area (Å²) in [6.07, 6.45) is 0.321. The summed E-state index contributed by atoms with van der Waals surface area (Å²) >= 11 is 0. The third-order valence-electron chi connectivity index (χ3n) is 3.59. The number of carbonyl (C=O) groups excluding carboxylic acids is 3. The average molecular weight is 374 g/mol. The van der Waals surface area contributed by atoms with Crippen LogP contribution < -0.4 is 27.4 Å². The van der Waals surface area contributed by atoms with Crippen molar-refractivity contribution in [2.45, 2.75) is 24.9 Å². The Morgan fingerprint density at radius 1 is 0.808 bits per heavy atom. The van der Waals surface area contributed by atoms with E-state index in [9.17, 15) is 14.4 Å². The molecule has 0 rings (SSSR count). The second kappa shape index (κ2) is 13.5. The minimum Gasteiger partial charge on any atom is -0.354 e. The molecule has 0 saturated carbocycles. The van der Waals surface area contributed by atoms with Gasteiger partial charge in [-0.3, -0.25) is 14.4 Å². The summed E-state index contributed by atoms with van der Waals surface area (Å²) in [7, 11) is 7.62. The van der Waals surface area contributed by atoms with Crippen LogP contribution in [0.25, 0.3) is 0 Å². The van der Waals surface area contributed by atoms with Crippen LogP contribution in [0, 0.1) is 0 Å². The van der Waals surface area contributed by atoms with Gasteiger partial charge in [0.15, 0.2) is 0 Å². The van der Waals surface area contributed by atoms with Crippen LogP contribution in [0.15, 0.2) is 0 Å². The van der Waals surface area contributed by atoms with Gasteiger partial charge in [0.25, 0.3) is 0 Å². The molecule has 0 aliphatic carbocycles. The van der Waals surface area contributed by atoms with Gasteiger partial charge in [0.05, 0.1) is 6.04 Å². The molecule has 0 unspecified atom stereocenters. The van der Waals surface area contributed by atoms with E-state index in [0.717, 1.165) is 0 Å². The van der Waals surface area contributed by atoms with Crippen molar-refractivity contribution in [1.29, 1.82) is 0 Å². The molecule has 0 bridgehead atoms. The van der Waals surface area contributed by atoms with Crippen LogP contribution in [-0.2, 0) is 14.4 Å². The van der Waals surface area contributed by atoms with Gasteiger partial charge < -0.3 is 37.2 Å². The Balaban J connectivity index is 3.93. The first-order chi connectivity index (χ1) is 12.1. The molecule has 7 N–H and O–H groups in total. The molecule has 10 heteroatoms. The molecule has 152 valence electrons. The Labute approximate surface area is 156 Å². The Bertz CT molecular complexity index is 406. The first kappa shape index (κ1) is 24.2. The molecular weight excluding hydrogens is 338 g/mol. The summed E-state index contributed by atoms with van der Waals surface area (Å²) < 4.78 is 0. The van der Waals surface area contributed by atoms with E-state index in [0.29, 0.717) is 26.2 Å². The van der Waals surface area contributed by atoms with Crippen LogP contribution in [0.1, 0.15) is 12.8 Å². The van der Waals surface area contributed by atoms with Crippen molar-refractivity contribution in [3.8, 4) is 0 Å². The highest BCUT2D eigenvalue weighted by Gasteiger charge is 2.17. The average Bonchev–Trinajstić information content (AvgIpc) is 2.56. The molecule has 26 heavy (non-hydrogen) atoms. The van der Waals surface area contributed by atoms with Crippen molar-refractivity contribution < 1.29 is 14.4 Å². The first-order valence-corrected chi connectivity index (χ1v) is 8.76. The summed E-state index contributed by atoms with van der Waals surface area (Å²) in [5.74, 6) is -0.890. The summed E-state index contributed by atoms with van der Waals surface area (Å²) in [5, 5.41) is 8.00. The first-order valence-electron chi connectivity index (χ1n) is 8.76. The number of hydrogen-bond acceptors (Lipinski definition) is 7. The summed E-state index contributed by atoms with van der Waals surface area (Å²) in [6, 6.07) is -1.56. The minimum absolute atomic E-state index is 0.0386. The molecule has 0 fully saturated rings. The highest BCUT2D eigenvalue weighted by molar-refractivity contribution is 5.84. The fourth-order valence-corrected chi connectivity index (χ4v) is 1.89. The molecular formula is C16H35N7O3. The van der Waals surface area contributed by atoms with Gasteiger partial charge in [-0.15, -0.1) is 0 Å². The number of likely N-dealkylation sites (N-methyl/N-ethyl adjacent to an activating group) is 2. The van der Waals surface area contributed by atoms with Crippen molar-refractivity contribution in [2.75, 3.05) is 60.9 Å². The SMILES string of the molecule is CN(C)CCNC(=O)[C@@H](N)CCC(=O)NC[C@H](N)C(=O)NCCN(C)C. The van der Waals surface area contributed by atoms with Gasteiger partial charge >= 0.3 is 0 Å². The van der Waals surface area contributed by atoms with Crippen LogP contribution in [0.3, 0.4) is 0 Å². The second-order valence-electron chi connectivity index (χ2n) is 6.74. The van der Waals surface area contributed by atoms with Crippen molar-refractivity contribution >= 4 is 17.7 Å². The lowest BCUT2D eigenvalue weighted by Crippen LogP contribution is -2.49. The smallest absolute Gasteiger partial charge is 0.238 e. The number of hydrogen-bond donors (Lipinski definition) is 5. The van der Waals surface area contributed by atoms with E-state index in [1.54, 1.807) is 0 Å². The fourth-order valence-electron chi connectivity index (χ4n) is 1.89. The van der Waals surface area contributed by atoms with E-state index in [2.05, 4.69) is 16.0 Å². The lowest BCUT2D eigenvalue weighted by Gasteiger charge is -2.16. The third kappa shape index (κ3) is 12.6. The molecule has 0 spiro atoms. The van der Waals surface area contributed by atoms with Crippen molar-refractivity contribution in [3.05, 3.63) is 0 Å². The molecule has 3 amide bonds. The van der Waals surface area contributed by atoms with E-state index in [1.807, 2.05) is 38.0 Å². The van der Waals surface area contributed by atoms with Gasteiger partial charge in [0, 0.05) is 39.1 Å². The minimum atomic E-state index is -0.816. The topological polar surface area (TPSA) is 146 Å². The van der Waals surface area contributed by atoms with Crippen LogP contribution in [0.4, 0.5) is 0 Å².